The van der Waals surface area contributed by atoms with Gasteiger partial charge in [0, 0.05) is 197 Å². The second-order valence-corrected chi connectivity index (χ2v) is 42.9. The number of pyridine rings is 2. The molecule has 10 aromatic rings. The van der Waals surface area contributed by atoms with E-state index in [9.17, 15) is 46.7 Å². The number of allylic oxidation sites excluding steroid dienone is 2. The fraction of sp³-hybridized carbons (Fsp3) is 0.429. The van der Waals surface area contributed by atoms with Crippen molar-refractivity contribution in [1.29, 1.82) is 0 Å². The summed E-state index contributed by atoms with van der Waals surface area (Å²) in [6.07, 6.45) is 21.1. The molecule has 4 aromatic heterocycles. The Morgan fingerprint density at radius 2 is 0.938 bits per heavy atom. The predicted molar refractivity (Wildman–Crippen MR) is 501 cm³/mol. The maximum atomic E-state index is 14.1. The van der Waals surface area contributed by atoms with Crippen LogP contribution in [0.1, 0.15) is 148 Å². The van der Waals surface area contributed by atoms with Crippen LogP contribution < -0.4 is 38.2 Å². The van der Waals surface area contributed by atoms with Crippen molar-refractivity contribution in [2.24, 2.45) is 34.5 Å². The van der Waals surface area contributed by atoms with Crippen LogP contribution in [0.15, 0.2) is 179 Å². The molecule has 4 N–H and O–H groups in total. The lowest BCUT2D eigenvalue weighted by Gasteiger charge is -2.39. The van der Waals surface area contributed by atoms with E-state index >= 15 is 0 Å². The molecule has 2 amide bonds. The van der Waals surface area contributed by atoms with Crippen LogP contribution in [0.4, 0.5) is 22.7 Å². The topological polar surface area (TPSA) is 326 Å². The summed E-state index contributed by atoms with van der Waals surface area (Å²) in [7, 11) is -9.23. The number of nitrogens with one attached hydrogen (secondary N) is 4. The number of aromatic amines is 2. The van der Waals surface area contributed by atoms with Crippen LogP contribution in [0.25, 0.3) is 33.2 Å². The van der Waals surface area contributed by atoms with Gasteiger partial charge in [0.25, 0.3) is 43.2 Å². The highest BCUT2D eigenvalue weighted by atomic mass is 35.5. The van der Waals surface area contributed by atoms with Gasteiger partial charge in [-0.2, -0.15) is 0 Å². The van der Waals surface area contributed by atoms with Gasteiger partial charge in [-0.1, -0.05) is 86.3 Å². The number of aromatic nitrogens is 4. The number of halogens is 2. The summed E-state index contributed by atoms with van der Waals surface area (Å²) < 4.78 is 85.1. The first-order valence-electron chi connectivity index (χ1n) is 45.4. The quantitative estimate of drug-likeness (QED) is 0.0322. The van der Waals surface area contributed by atoms with E-state index in [1.165, 1.54) is 96.5 Å². The van der Waals surface area contributed by atoms with Crippen molar-refractivity contribution in [3.8, 4) is 34.5 Å². The molecule has 32 heteroatoms. The van der Waals surface area contributed by atoms with Gasteiger partial charge >= 0.3 is 0 Å². The standard InChI is InChI=1S/2C49H54ClN7O7S/c2*1-49(2)13-11-35(43(25-49)33-4-6-36(50)7-5-33)29-54-15-17-55(18-16-54)38-9-10-41(46(22-38)64-39-21-34-12-14-51-47(34)52-26-39)48(58)53-65(61,62)40-23-44(57(59)60)42-20-32(30-63-45(42)24-40)28-56-27-31-3-8-37(56)19-31/h2*4-7,9-10,12,14,21-24,26,31-32,37H,3,8,11,13,15-20,25,27-30H2,1-2H3,(H,51,52)(H,53,58)/t31-,32+,37+;31-,32-,37+/m10/s1. The molecule has 680 valence electrons. The number of benzene rings is 6. The number of nitrogens with zero attached hydrogens (tertiary/aromatic N) is 10. The van der Waals surface area contributed by atoms with E-state index in [2.05, 4.69) is 111 Å². The number of carbonyl (C=O) groups is 2. The molecule has 10 aliphatic rings. The Labute approximate surface area is 766 Å². The highest BCUT2D eigenvalue weighted by molar-refractivity contribution is 7.90. The molecule has 6 aliphatic heterocycles. The molecule has 10 heterocycles. The van der Waals surface area contributed by atoms with Gasteiger partial charge in [-0.3, -0.25) is 49.4 Å². The first kappa shape index (κ1) is 88.3. The molecular weight excluding hydrogens is 1730 g/mol. The summed E-state index contributed by atoms with van der Waals surface area (Å²) in [6.45, 7) is 21.6. The van der Waals surface area contributed by atoms with Crippen molar-refractivity contribution in [3.05, 3.63) is 233 Å². The number of carbonyl (C=O) groups excluding carboxylic acids is 2. The average Bonchev–Trinajstić information content (AvgIpc) is 0.905. The van der Waals surface area contributed by atoms with Gasteiger partial charge in [0.05, 0.1) is 67.5 Å². The molecule has 2 saturated carbocycles. The molecule has 0 radical (unpaired) electrons. The third kappa shape index (κ3) is 19.4. The predicted octanol–water partition coefficient (Wildman–Crippen LogP) is 17.7. The van der Waals surface area contributed by atoms with Gasteiger partial charge in [0.1, 0.15) is 45.8 Å². The van der Waals surface area contributed by atoms with Crippen LogP contribution in [-0.2, 0) is 32.9 Å². The van der Waals surface area contributed by atoms with Crippen molar-refractivity contribution in [1.82, 2.24) is 49.0 Å². The molecular formula is C98H108Cl2N14O14S2. The minimum absolute atomic E-state index is 0.0332. The van der Waals surface area contributed by atoms with E-state index < -0.39 is 51.5 Å². The number of piperidine rings is 2. The zero-order valence-corrected chi connectivity index (χ0v) is 76.6. The normalized spacial score (nSPS) is 22.2. The molecule has 0 spiro atoms. The van der Waals surface area contributed by atoms with E-state index in [0.717, 1.165) is 186 Å². The molecule has 20 rings (SSSR count). The number of hydrogen-bond donors (Lipinski definition) is 4. The van der Waals surface area contributed by atoms with Crippen molar-refractivity contribution in [2.75, 3.05) is 115 Å². The van der Waals surface area contributed by atoms with Crippen molar-refractivity contribution in [2.45, 2.75) is 139 Å². The number of sulfonamides is 2. The third-order valence-corrected chi connectivity index (χ3v) is 31.6. The molecule has 28 nitrogen and oxygen atoms in total. The highest BCUT2D eigenvalue weighted by Gasteiger charge is 2.44. The van der Waals surface area contributed by atoms with Crippen LogP contribution in [0, 0.1) is 54.7 Å². The lowest BCUT2D eigenvalue weighted by Crippen LogP contribution is -2.47. The van der Waals surface area contributed by atoms with Crippen molar-refractivity contribution in [3.63, 3.8) is 0 Å². The minimum Gasteiger partial charge on any atom is -0.493 e. The Morgan fingerprint density at radius 1 is 0.531 bits per heavy atom. The first-order valence-corrected chi connectivity index (χ1v) is 49.1. The second-order valence-electron chi connectivity index (χ2n) is 38.7. The summed E-state index contributed by atoms with van der Waals surface area (Å²) in [4.78, 5) is 80.4. The molecule has 6 aromatic carbocycles. The maximum Gasteiger partial charge on any atom is 0.277 e. The van der Waals surface area contributed by atoms with Gasteiger partial charge in [-0.15, -0.1) is 0 Å². The zero-order chi connectivity index (χ0) is 90.1. The molecule has 6 fully saturated rings. The van der Waals surface area contributed by atoms with Crippen molar-refractivity contribution < 1.29 is 55.2 Å². The third-order valence-electron chi connectivity index (χ3n) is 28.4. The average molecular weight is 1840 g/mol. The Bertz CT molecular complexity index is 5990. The largest absolute Gasteiger partial charge is 0.493 e. The van der Waals surface area contributed by atoms with Gasteiger partial charge in [0.2, 0.25) is 0 Å². The highest BCUT2D eigenvalue weighted by Crippen LogP contribution is 2.49. The Balaban J connectivity index is 0.000000168. The fourth-order valence-corrected chi connectivity index (χ4v) is 23.7. The number of rotatable bonds is 24. The van der Waals surface area contributed by atoms with E-state index in [4.69, 9.17) is 42.1 Å². The van der Waals surface area contributed by atoms with Crippen LogP contribution in [0.2, 0.25) is 10.0 Å². The SMILES string of the molecule is CC1(C)CCC(CN2CCN(c3ccc(C(=O)NS(=O)(=O)c4cc5c(c([N+](=O)[O-])c4)C[C@@H](CN4C[C@@H]6CC[C@H]4C6)CO5)c(Oc4cnc5[nH]ccc5c4)c3)CC2)=C(c2ccc(Cl)cc2)C1.CC1(C)CCC(CN2CCN(c3ccc(C(=O)NS(=O)(=O)c4cc5c(c([N+](=O)[O-])c4)C[C@@H](CN4C[C@H]6CC[C@@H]4C6)CO5)c(Oc4cnc5[nH]ccc5c4)c3)CC2)=C(c2ccc(Cl)cc2)C1. The number of hydrogen-bond acceptors (Lipinski definition) is 22. The fourth-order valence-electron chi connectivity index (χ4n) is 21.5. The number of anilines is 2. The van der Waals surface area contributed by atoms with E-state index in [1.807, 2.05) is 36.4 Å². The number of piperazine rings is 2. The molecule has 0 unspecified atom stereocenters. The number of H-pyrrole nitrogens is 2. The van der Waals surface area contributed by atoms with Gasteiger partial charge in [-0.25, -0.2) is 36.2 Å². The molecule has 4 aliphatic carbocycles. The lowest BCUT2D eigenvalue weighted by atomic mass is 9.72. The number of nitro benzene ring substituents is 2. The number of likely N-dealkylation sites (tertiary alicyclic amines) is 2. The number of amides is 2. The second kappa shape index (κ2) is 36.3. The summed E-state index contributed by atoms with van der Waals surface area (Å²) in [6, 6.07) is 39.6. The van der Waals surface area contributed by atoms with Crippen LogP contribution in [0.3, 0.4) is 0 Å². The van der Waals surface area contributed by atoms with E-state index in [-0.39, 0.29) is 68.2 Å². The summed E-state index contributed by atoms with van der Waals surface area (Å²) >= 11 is 12.5. The van der Waals surface area contributed by atoms with Crippen LogP contribution in [0.5, 0.6) is 34.5 Å². The van der Waals surface area contributed by atoms with E-state index in [1.54, 1.807) is 60.9 Å². The summed E-state index contributed by atoms with van der Waals surface area (Å²) in [5.74, 6) is 0.905. The van der Waals surface area contributed by atoms with Gasteiger partial charge in [0.15, 0.2) is 0 Å². The maximum absolute atomic E-state index is 14.1. The van der Waals surface area contributed by atoms with Gasteiger partial charge < -0.3 is 38.7 Å². The van der Waals surface area contributed by atoms with Gasteiger partial charge in [-0.05, 0) is 208 Å². The summed E-state index contributed by atoms with van der Waals surface area (Å²) in [5.41, 5.74) is 11.6. The lowest BCUT2D eigenvalue weighted by molar-refractivity contribution is -0.386. The number of nitro groups is 2. The van der Waals surface area contributed by atoms with Crippen LogP contribution >= 0.6 is 23.2 Å². The summed E-state index contributed by atoms with van der Waals surface area (Å²) in [5, 5.41) is 27.9. The Hall–Kier alpha value is -11.0. The first-order chi connectivity index (χ1) is 62.5. The number of ether oxygens (including phenoxy) is 4. The Morgan fingerprint density at radius 3 is 1.32 bits per heavy atom. The smallest absolute Gasteiger partial charge is 0.277 e. The molecule has 6 atom stereocenters. The minimum atomic E-state index is -4.62. The molecule has 4 saturated heterocycles. The zero-order valence-electron chi connectivity index (χ0n) is 73.4. The molecule has 130 heavy (non-hydrogen) atoms. The Kier molecular flexibility index (Phi) is 24.7. The number of fused-ring (bicyclic) bond motifs is 8. The van der Waals surface area contributed by atoms with E-state index in [0.29, 0.717) is 72.1 Å². The molecule has 4 bridgehead atoms. The van der Waals surface area contributed by atoms with Crippen molar-refractivity contribution >= 4 is 111 Å². The monoisotopic (exact) mass is 1840 g/mol. The van der Waals surface area contributed by atoms with Crippen LogP contribution in [-0.4, -0.2) is 195 Å².